The van der Waals surface area contributed by atoms with Crippen LogP contribution < -0.4 is 0 Å². The van der Waals surface area contributed by atoms with Crippen LogP contribution in [0.4, 0.5) is 0 Å². The van der Waals surface area contributed by atoms with Crippen LogP contribution in [0.3, 0.4) is 0 Å². The van der Waals surface area contributed by atoms with Gasteiger partial charge in [-0.15, -0.1) is 0 Å². The standard InChI is InChI=1S/C15H19O4P/c1-3-18-20(17)15(8-4-5-9-15)13-10-11(2)6-7-12(13)14(16)19-20/h6-7,10H,3-5,8-9H2,1-2H3. The second kappa shape index (κ2) is 4.71. The van der Waals surface area contributed by atoms with Crippen LogP contribution in [0.5, 0.6) is 0 Å². The van der Waals surface area contributed by atoms with Crippen molar-refractivity contribution in [1.82, 2.24) is 0 Å². The molecule has 1 saturated carbocycles. The zero-order valence-corrected chi connectivity index (χ0v) is 12.7. The predicted molar refractivity (Wildman–Crippen MR) is 76.0 cm³/mol. The molecule has 2 aliphatic rings. The summed E-state index contributed by atoms with van der Waals surface area (Å²) in [5.41, 5.74) is 2.47. The molecule has 1 heterocycles. The Bertz CT molecular complexity index is 602. The third kappa shape index (κ3) is 1.78. The molecule has 20 heavy (non-hydrogen) atoms. The first-order valence-electron chi connectivity index (χ1n) is 7.12. The fourth-order valence-corrected chi connectivity index (χ4v) is 5.91. The van der Waals surface area contributed by atoms with Crippen LogP contribution in [-0.4, -0.2) is 12.6 Å². The van der Waals surface area contributed by atoms with Crippen LogP contribution in [0.15, 0.2) is 18.2 Å². The summed E-state index contributed by atoms with van der Waals surface area (Å²) in [6.07, 6.45) is 3.49. The number of rotatable bonds is 2. The maximum atomic E-state index is 13.2. The van der Waals surface area contributed by atoms with Gasteiger partial charge >= 0.3 is 13.6 Å². The van der Waals surface area contributed by atoms with Gasteiger partial charge in [-0.25, -0.2) is 9.36 Å². The minimum atomic E-state index is -3.45. The number of carbonyl (C=O) groups excluding carboxylic acids is 1. The number of carbonyl (C=O) groups is 1. The molecule has 1 atom stereocenters. The van der Waals surface area contributed by atoms with E-state index in [0.717, 1.165) is 36.8 Å². The van der Waals surface area contributed by atoms with Gasteiger partial charge in [-0.05, 0) is 38.3 Å². The number of hydrogen-bond donors (Lipinski definition) is 0. The summed E-state index contributed by atoms with van der Waals surface area (Å²) < 4.78 is 24.0. The minimum Gasteiger partial charge on any atom is -0.387 e. The second-order valence-electron chi connectivity index (χ2n) is 5.58. The molecule has 0 N–H and O–H groups in total. The Hall–Kier alpha value is -1.12. The normalized spacial score (nSPS) is 27.4. The molecule has 1 fully saturated rings. The number of benzene rings is 1. The summed E-state index contributed by atoms with van der Waals surface area (Å²) in [4.78, 5) is 12.2. The van der Waals surface area contributed by atoms with E-state index in [9.17, 15) is 9.36 Å². The van der Waals surface area contributed by atoms with Crippen molar-refractivity contribution in [2.24, 2.45) is 0 Å². The SMILES string of the molecule is CCOP1(=O)OC(=O)c2ccc(C)cc2C12CCCC2. The summed E-state index contributed by atoms with van der Waals surface area (Å²) in [6, 6.07) is 5.65. The summed E-state index contributed by atoms with van der Waals surface area (Å²) in [7, 11) is -3.45. The van der Waals surface area contributed by atoms with E-state index in [0.29, 0.717) is 5.56 Å². The quantitative estimate of drug-likeness (QED) is 0.768. The van der Waals surface area contributed by atoms with Crippen molar-refractivity contribution < 1.29 is 18.4 Å². The molecule has 1 unspecified atom stereocenters. The number of aryl methyl sites for hydroxylation is 1. The van der Waals surface area contributed by atoms with Crippen LogP contribution in [0, 0.1) is 6.92 Å². The summed E-state index contributed by atoms with van der Waals surface area (Å²) in [6.45, 7) is 4.05. The van der Waals surface area contributed by atoms with Gasteiger partial charge in [-0.3, -0.25) is 4.52 Å². The molecule has 1 aliphatic carbocycles. The van der Waals surface area contributed by atoms with Crippen molar-refractivity contribution in [3.63, 3.8) is 0 Å². The molecule has 108 valence electrons. The summed E-state index contributed by atoms with van der Waals surface area (Å²) in [5, 5.41) is -0.627. The highest BCUT2D eigenvalue weighted by Gasteiger charge is 2.59. The molecule has 1 aromatic rings. The monoisotopic (exact) mass is 294 g/mol. The fourth-order valence-electron chi connectivity index (χ4n) is 3.44. The van der Waals surface area contributed by atoms with Crippen LogP contribution in [0.2, 0.25) is 0 Å². The maximum absolute atomic E-state index is 13.2. The Morgan fingerprint density at radius 3 is 2.70 bits per heavy atom. The summed E-state index contributed by atoms with van der Waals surface area (Å²) >= 11 is 0. The van der Waals surface area contributed by atoms with Crippen LogP contribution >= 0.6 is 7.60 Å². The Kier molecular flexibility index (Phi) is 3.26. The molecule has 0 radical (unpaired) electrons. The lowest BCUT2D eigenvalue weighted by Gasteiger charge is -2.40. The molecule has 0 bridgehead atoms. The van der Waals surface area contributed by atoms with E-state index >= 15 is 0 Å². The number of fused-ring (bicyclic) bond motifs is 2. The lowest BCUT2D eigenvalue weighted by Crippen LogP contribution is -2.33. The average molecular weight is 294 g/mol. The topological polar surface area (TPSA) is 52.6 Å². The van der Waals surface area contributed by atoms with Crippen LogP contribution in [-0.2, 0) is 18.8 Å². The van der Waals surface area contributed by atoms with Gasteiger partial charge in [0.05, 0.1) is 12.2 Å². The van der Waals surface area contributed by atoms with E-state index < -0.39 is 18.7 Å². The van der Waals surface area contributed by atoms with Crippen molar-refractivity contribution in [1.29, 1.82) is 0 Å². The zero-order chi connectivity index (χ0) is 14.4. The second-order valence-corrected chi connectivity index (χ2v) is 7.87. The third-order valence-corrected chi connectivity index (χ3v) is 7.09. The molecular formula is C15H19O4P. The van der Waals surface area contributed by atoms with Gasteiger partial charge in [-0.2, -0.15) is 0 Å². The van der Waals surface area contributed by atoms with E-state index in [1.54, 1.807) is 13.0 Å². The Balaban J connectivity index is 2.24. The minimum absolute atomic E-state index is 0.285. The first-order valence-corrected chi connectivity index (χ1v) is 8.66. The van der Waals surface area contributed by atoms with E-state index in [4.69, 9.17) is 9.05 Å². The van der Waals surface area contributed by atoms with Gasteiger partial charge in [0, 0.05) is 0 Å². The van der Waals surface area contributed by atoms with Crippen LogP contribution in [0.25, 0.3) is 0 Å². The third-order valence-electron chi connectivity index (χ3n) is 4.35. The highest BCUT2D eigenvalue weighted by molar-refractivity contribution is 7.56. The van der Waals surface area contributed by atoms with E-state index in [-0.39, 0.29) is 6.61 Å². The van der Waals surface area contributed by atoms with Gasteiger partial charge in [-0.1, -0.05) is 30.5 Å². The van der Waals surface area contributed by atoms with Gasteiger partial charge in [0.1, 0.15) is 5.16 Å². The van der Waals surface area contributed by atoms with Crippen LogP contribution in [0.1, 0.15) is 54.1 Å². The first kappa shape index (κ1) is 13.8. The largest absolute Gasteiger partial charge is 0.392 e. The first-order chi connectivity index (χ1) is 9.52. The number of hydrogen-bond acceptors (Lipinski definition) is 4. The molecule has 5 heteroatoms. The van der Waals surface area contributed by atoms with Gasteiger partial charge in [0.15, 0.2) is 0 Å². The fraction of sp³-hybridized carbons (Fsp3) is 0.533. The predicted octanol–water partition coefficient (Wildman–Crippen LogP) is 4.16. The Morgan fingerprint density at radius 2 is 2.05 bits per heavy atom. The average Bonchev–Trinajstić information content (AvgIpc) is 2.88. The molecule has 1 spiro atoms. The zero-order valence-electron chi connectivity index (χ0n) is 11.8. The van der Waals surface area contributed by atoms with Gasteiger partial charge in [0.2, 0.25) is 0 Å². The van der Waals surface area contributed by atoms with Gasteiger partial charge < -0.3 is 4.52 Å². The summed E-state index contributed by atoms with van der Waals surface area (Å²) in [5.74, 6) is -0.519. The van der Waals surface area contributed by atoms with Crippen molar-refractivity contribution in [2.45, 2.75) is 44.7 Å². The Morgan fingerprint density at radius 1 is 1.35 bits per heavy atom. The molecule has 4 nitrogen and oxygen atoms in total. The smallest absolute Gasteiger partial charge is 0.387 e. The molecule has 1 aliphatic heterocycles. The molecule has 1 aromatic carbocycles. The van der Waals surface area contributed by atoms with E-state index in [2.05, 4.69) is 0 Å². The van der Waals surface area contributed by atoms with Crippen molar-refractivity contribution in [3.8, 4) is 0 Å². The van der Waals surface area contributed by atoms with Gasteiger partial charge in [0.25, 0.3) is 0 Å². The van der Waals surface area contributed by atoms with Crippen molar-refractivity contribution >= 4 is 13.6 Å². The van der Waals surface area contributed by atoms with Crippen molar-refractivity contribution in [2.75, 3.05) is 6.61 Å². The maximum Gasteiger partial charge on any atom is 0.392 e. The molecule has 0 amide bonds. The molecular weight excluding hydrogens is 275 g/mol. The Labute approximate surface area is 119 Å². The molecule has 0 aromatic heterocycles. The highest BCUT2D eigenvalue weighted by atomic mass is 31.2. The van der Waals surface area contributed by atoms with Crippen molar-refractivity contribution in [3.05, 3.63) is 34.9 Å². The van der Waals surface area contributed by atoms with E-state index in [1.165, 1.54) is 0 Å². The molecule has 0 saturated heterocycles. The highest BCUT2D eigenvalue weighted by Crippen LogP contribution is 2.73. The molecule has 3 rings (SSSR count). The lowest BCUT2D eigenvalue weighted by atomic mass is 9.90. The van der Waals surface area contributed by atoms with E-state index in [1.807, 2.05) is 19.1 Å². The lowest BCUT2D eigenvalue weighted by molar-refractivity contribution is 0.0659.